The van der Waals surface area contributed by atoms with Crippen molar-refractivity contribution in [2.24, 2.45) is 0 Å². The summed E-state index contributed by atoms with van der Waals surface area (Å²) in [5.41, 5.74) is 2.17. The molecule has 0 atom stereocenters. The first-order valence-corrected chi connectivity index (χ1v) is 9.23. The largest absolute Gasteiger partial charge is 0.488 e. The number of nitriles is 2. The summed E-state index contributed by atoms with van der Waals surface area (Å²) in [4.78, 5) is 12.0. The van der Waals surface area contributed by atoms with Gasteiger partial charge in [0.1, 0.15) is 24.0 Å². The Morgan fingerprint density at radius 2 is 2.04 bits per heavy atom. The van der Waals surface area contributed by atoms with Gasteiger partial charge < -0.3 is 10.1 Å². The zero-order valence-corrected chi connectivity index (χ0v) is 16.0. The second kappa shape index (κ2) is 8.53. The summed E-state index contributed by atoms with van der Waals surface area (Å²) in [5, 5.41) is 21.2. The van der Waals surface area contributed by atoms with Crippen molar-refractivity contribution in [3.05, 3.63) is 69.2 Å². The van der Waals surface area contributed by atoms with Crippen LogP contribution in [0.25, 0.3) is 6.08 Å². The molecule has 0 heterocycles. The van der Waals surface area contributed by atoms with E-state index in [1.807, 2.05) is 24.3 Å². The van der Waals surface area contributed by atoms with Gasteiger partial charge in [-0.1, -0.05) is 24.3 Å². The van der Waals surface area contributed by atoms with E-state index in [0.717, 1.165) is 18.4 Å². The average Bonchev–Trinajstić information content (AvgIpc) is 3.49. The minimum Gasteiger partial charge on any atom is -0.488 e. The third kappa shape index (κ3) is 4.97. The van der Waals surface area contributed by atoms with Crippen LogP contribution in [0.15, 0.2) is 52.5 Å². The van der Waals surface area contributed by atoms with Crippen LogP contribution in [-0.4, -0.2) is 11.9 Å². The monoisotopic (exact) mass is 421 g/mol. The molecule has 0 aliphatic heterocycles. The molecule has 3 rings (SSSR count). The van der Waals surface area contributed by atoms with Gasteiger partial charge in [0.25, 0.3) is 5.91 Å². The minimum absolute atomic E-state index is 0.0745. The summed E-state index contributed by atoms with van der Waals surface area (Å²) < 4.78 is 6.50. The average molecular weight is 422 g/mol. The minimum atomic E-state index is -0.343. The Morgan fingerprint density at radius 3 is 2.70 bits per heavy atom. The molecule has 134 valence electrons. The molecule has 0 radical (unpaired) electrons. The maximum absolute atomic E-state index is 12.0. The zero-order chi connectivity index (χ0) is 19.2. The highest BCUT2D eigenvalue weighted by molar-refractivity contribution is 9.10. The molecule has 1 aliphatic carbocycles. The highest BCUT2D eigenvalue weighted by Gasteiger charge is 2.24. The van der Waals surface area contributed by atoms with Crippen LogP contribution >= 0.6 is 15.9 Å². The van der Waals surface area contributed by atoms with Gasteiger partial charge in [0.2, 0.25) is 0 Å². The van der Waals surface area contributed by atoms with Crippen molar-refractivity contribution in [1.82, 2.24) is 5.32 Å². The van der Waals surface area contributed by atoms with Crippen LogP contribution in [0.4, 0.5) is 0 Å². The van der Waals surface area contributed by atoms with E-state index >= 15 is 0 Å². The van der Waals surface area contributed by atoms with E-state index in [1.165, 1.54) is 0 Å². The van der Waals surface area contributed by atoms with Crippen molar-refractivity contribution < 1.29 is 9.53 Å². The summed E-state index contributed by atoms with van der Waals surface area (Å²) in [7, 11) is 0. The molecule has 1 N–H and O–H groups in total. The Labute approximate surface area is 166 Å². The lowest BCUT2D eigenvalue weighted by atomic mass is 10.1. The smallest absolute Gasteiger partial charge is 0.262 e. The Balaban J connectivity index is 1.71. The number of halogens is 1. The standard InChI is InChI=1S/C21H16BrN3O2/c22-19-10-14(9-17(12-24)21(26)25-18-6-7-18)5-8-20(19)27-13-16-4-2-1-3-15(16)11-23/h1-5,8-10,18H,6-7,13H2,(H,25,26)/b17-9+. The third-order valence-electron chi connectivity index (χ3n) is 4.07. The molecule has 0 bridgehead atoms. The van der Waals surface area contributed by atoms with Gasteiger partial charge in [-0.05, 0) is 58.6 Å². The van der Waals surface area contributed by atoms with Gasteiger partial charge in [0, 0.05) is 11.6 Å². The Kier molecular flexibility index (Phi) is 5.90. The number of amides is 1. The van der Waals surface area contributed by atoms with Crippen molar-refractivity contribution in [2.45, 2.75) is 25.5 Å². The fourth-order valence-corrected chi connectivity index (χ4v) is 2.95. The second-order valence-electron chi connectivity index (χ2n) is 6.17. The van der Waals surface area contributed by atoms with Gasteiger partial charge in [-0.3, -0.25) is 4.79 Å². The van der Waals surface area contributed by atoms with E-state index in [0.29, 0.717) is 21.3 Å². The van der Waals surface area contributed by atoms with E-state index < -0.39 is 0 Å². The fraction of sp³-hybridized carbons (Fsp3) is 0.190. The predicted molar refractivity (Wildman–Crippen MR) is 104 cm³/mol. The highest BCUT2D eigenvalue weighted by Crippen LogP contribution is 2.28. The van der Waals surface area contributed by atoms with Crippen molar-refractivity contribution in [2.75, 3.05) is 0 Å². The van der Waals surface area contributed by atoms with E-state index in [-0.39, 0.29) is 24.1 Å². The summed E-state index contributed by atoms with van der Waals surface area (Å²) in [6.07, 6.45) is 3.49. The Hall–Kier alpha value is -3.09. The van der Waals surface area contributed by atoms with E-state index in [1.54, 1.807) is 30.3 Å². The van der Waals surface area contributed by atoms with Crippen molar-refractivity contribution in [3.63, 3.8) is 0 Å². The SMILES string of the molecule is N#C/C(=C\c1ccc(OCc2ccccc2C#N)c(Br)c1)C(=O)NC1CC1. The van der Waals surface area contributed by atoms with Gasteiger partial charge >= 0.3 is 0 Å². The molecule has 0 saturated heterocycles. The number of carbonyl (C=O) groups is 1. The first-order chi connectivity index (χ1) is 13.1. The second-order valence-corrected chi connectivity index (χ2v) is 7.02. The van der Waals surface area contributed by atoms with E-state index in [4.69, 9.17) is 10.00 Å². The molecule has 0 aromatic heterocycles. The summed E-state index contributed by atoms with van der Waals surface area (Å²) in [6, 6.07) is 16.9. The molecular weight excluding hydrogens is 406 g/mol. The fourth-order valence-electron chi connectivity index (χ4n) is 2.44. The first kappa shape index (κ1) is 18.7. The van der Waals surface area contributed by atoms with Crippen LogP contribution in [0.5, 0.6) is 5.75 Å². The third-order valence-corrected chi connectivity index (χ3v) is 4.69. The number of hydrogen-bond acceptors (Lipinski definition) is 4. The normalized spacial score (nSPS) is 13.4. The Morgan fingerprint density at radius 1 is 1.26 bits per heavy atom. The predicted octanol–water partition coefficient (Wildman–Crippen LogP) is 4.09. The van der Waals surface area contributed by atoms with Gasteiger partial charge in [-0.15, -0.1) is 0 Å². The number of ether oxygens (including phenoxy) is 1. The van der Waals surface area contributed by atoms with Crippen LogP contribution in [0, 0.1) is 22.7 Å². The van der Waals surface area contributed by atoms with Crippen LogP contribution in [0.3, 0.4) is 0 Å². The molecule has 1 saturated carbocycles. The van der Waals surface area contributed by atoms with Crippen molar-refractivity contribution >= 4 is 27.9 Å². The number of nitrogens with one attached hydrogen (secondary N) is 1. The van der Waals surface area contributed by atoms with Crippen molar-refractivity contribution in [1.29, 1.82) is 10.5 Å². The van der Waals surface area contributed by atoms with Crippen LogP contribution in [0.1, 0.15) is 29.5 Å². The molecule has 5 nitrogen and oxygen atoms in total. The number of benzene rings is 2. The van der Waals surface area contributed by atoms with Crippen LogP contribution < -0.4 is 10.1 Å². The maximum atomic E-state index is 12.0. The van der Waals surface area contributed by atoms with Crippen LogP contribution in [-0.2, 0) is 11.4 Å². The summed E-state index contributed by atoms with van der Waals surface area (Å²) in [5.74, 6) is 0.269. The number of rotatable bonds is 6. The lowest BCUT2D eigenvalue weighted by Gasteiger charge is -2.10. The molecule has 1 fully saturated rings. The number of nitrogens with zero attached hydrogens (tertiary/aromatic N) is 2. The molecule has 0 unspecified atom stereocenters. The van der Waals surface area contributed by atoms with Gasteiger partial charge in [-0.2, -0.15) is 10.5 Å². The molecule has 2 aromatic rings. The molecule has 0 spiro atoms. The molecule has 2 aromatic carbocycles. The summed E-state index contributed by atoms with van der Waals surface area (Å²) in [6.45, 7) is 0.269. The molecule has 1 amide bonds. The van der Waals surface area contributed by atoms with E-state index in [2.05, 4.69) is 27.3 Å². The first-order valence-electron chi connectivity index (χ1n) is 8.43. The lowest BCUT2D eigenvalue weighted by Crippen LogP contribution is -2.26. The van der Waals surface area contributed by atoms with Crippen LogP contribution in [0.2, 0.25) is 0 Å². The van der Waals surface area contributed by atoms with E-state index in [9.17, 15) is 10.1 Å². The molecule has 27 heavy (non-hydrogen) atoms. The lowest BCUT2D eigenvalue weighted by molar-refractivity contribution is -0.117. The molecule has 1 aliphatic rings. The summed E-state index contributed by atoms with van der Waals surface area (Å²) >= 11 is 3.45. The molecule has 6 heteroatoms. The van der Waals surface area contributed by atoms with Gasteiger partial charge in [0.05, 0.1) is 16.1 Å². The number of carbonyl (C=O) groups excluding carboxylic acids is 1. The highest BCUT2D eigenvalue weighted by atomic mass is 79.9. The van der Waals surface area contributed by atoms with Gasteiger partial charge in [0.15, 0.2) is 0 Å². The quantitative estimate of drug-likeness (QED) is 0.562. The molecular formula is C21H16BrN3O2. The topological polar surface area (TPSA) is 85.9 Å². The van der Waals surface area contributed by atoms with Gasteiger partial charge in [-0.25, -0.2) is 0 Å². The van der Waals surface area contributed by atoms with Crippen molar-refractivity contribution in [3.8, 4) is 17.9 Å². The Bertz CT molecular complexity index is 982. The number of hydrogen-bond donors (Lipinski definition) is 1. The maximum Gasteiger partial charge on any atom is 0.262 e. The zero-order valence-electron chi connectivity index (χ0n) is 14.4.